The molecule has 29 heavy (non-hydrogen) atoms. The molecule has 0 spiro atoms. The SMILES string of the molecule is Cc1ccc(-c2cc(C(=O)N[C@H](C)CCCC(C)C)cc(-n3cnnn3)c2)cc1. The number of aromatic nitrogens is 4. The Labute approximate surface area is 172 Å². The lowest BCUT2D eigenvalue weighted by Gasteiger charge is -2.16. The molecule has 0 aliphatic heterocycles. The number of nitrogens with one attached hydrogen (secondary N) is 1. The zero-order valence-electron chi connectivity index (χ0n) is 17.6. The van der Waals surface area contributed by atoms with Gasteiger partial charge in [0.15, 0.2) is 0 Å². The summed E-state index contributed by atoms with van der Waals surface area (Å²) < 4.78 is 1.57. The fourth-order valence-electron chi connectivity index (χ4n) is 3.28. The summed E-state index contributed by atoms with van der Waals surface area (Å²) in [5.41, 5.74) is 4.55. The molecule has 152 valence electrons. The average Bonchev–Trinajstić information content (AvgIpc) is 3.23. The largest absolute Gasteiger partial charge is 0.350 e. The number of carbonyl (C=O) groups is 1. The first-order valence-electron chi connectivity index (χ1n) is 10.2. The van der Waals surface area contributed by atoms with E-state index in [0.29, 0.717) is 11.5 Å². The maximum atomic E-state index is 12.9. The van der Waals surface area contributed by atoms with E-state index in [9.17, 15) is 4.79 Å². The van der Waals surface area contributed by atoms with E-state index >= 15 is 0 Å². The Morgan fingerprint density at radius 2 is 1.79 bits per heavy atom. The Hall–Kier alpha value is -3.02. The molecule has 0 radical (unpaired) electrons. The lowest BCUT2D eigenvalue weighted by atomic mass is 10.00. The van der Waals surface area contributed by atoms with Crippen molar-refractivity contribution in [2.75, 3.05) is 0 Å². The van der Waals surface area contributed by atoms with Crippen molar-refractivity contribution in [3.05, 3.63) is 59.9 Å². The van der Waals surface area contributed by atoms with Gasteiger partial charge in [0.2, 0.25) is 0 Å². The topological polar surface area (TPSA) is 72.7 Å². The molecule has 1 atom stereocenters. The maximum absolute atomic E-state index is 12.9. The molecule has 0 fully saturated rings. The van der Waals surface area contributed by atoms with Crippen LogP contribution in [0.1, 0.15) is 56.0 Å². The van der Waals surface area contributed by atoms with Crippen molar-refractivity contribution in [3.8, 4) is 16.8 Å². The first-order valence-corrected chi connectivity index (χ1v) is 10.2. The molecule has 3 rings (SSSR count). The molecule has 1 heterocycles. The summed E-state index contributed by atoms with van der Waals surface area (Å²) in [6.07, 6.45) is 4.79. The number of benzene rings is 2. The minimum absolute atomic E-state index is 0.0784. The van der Waals surface area contributed by atoms with Gasteiger partial charge >= 0.3 is 0 Å². The number of hydrogen-bond donors (Lipinski definition) is 1. The van der Waals surface area contributed by atoms with Crippen molar-refractivity contribution in [2.24, 2.45) is 5.92 Å². The van der Waals surface area contributed by atoms with Crippen LogP contribution in [-0.4, -0.2) is 32.2 Å². The van der Waals surface area contributed by atoms with Crippen LogP contribution in [0.3, 0.4) is 0 Å². The fourth-order valence-corrected chi connectivity index (χ4v) is 3.28. The number of amides is 1. The van der Waals surface area contributed by atoms with Crippen LogP contribution in [0.5, 0.6) is 0 Å². The van der Waals surface area contributed by atoms with Gasteiger partial charge in [-0.1, -0.05) is 56.5 Å². The van der Waals surface area contributed by atoms with Gasteiger partial charge in [-0.15, -0.1) is 5.10 Å². The summed E-state index contributed by atoms with van der Waals surface area (Å²) in [6, 6.07) is 14.1. The van der Waals surface area contributed by atoms with Crippen LogP contribution in [0.4, 0.5) is 0 Å². The monoisotopic (exact) mass is 391 g/mol. The number of nitrogens with zero attached hydrogens (tertiary/aromatic N) is 4. The van der Waals surface area contributed by atoms with Crippen molar-refractivity contribution in [1.29, 1.82) is 0 Å². The van der Waals surface area contributed by atoms with Crippen LogP contribution < -0.4 is 5.32 Å². The lowest BCUT2D eigenvalue weighted by molar-refractivity contribution is 0.0937. The molecule has 6 nitrogen and oxygen atoms in total. The quantitative estimate of drug-likeness (QED) is 0.610. The van der Waals surface area contributed by atoms with E-state index in [1.54, 1.807) is 4.68 Å². The molecule has 0 saturated heterocycles. The summed E-state index contributed by atoms with van der Waals surface area (Å²) >= 11 is 0. The van der Waals surface area contributed by atoms with Gasteiger partial charge in [-0.3, -0.25) is 4.79 Å². The van der Waals surface area contributed by atoms with Crippen molar-refractivity contribution < 1.29 is 4.79 Å². The molecule has 0 unspecified atom stereocenters. The van der Waals surface area contributed by atoms with Crippen LogP contribution in [0.15, 0.2) is 48.8 Å². The first-order chi connectivity index (χ1) is 13.9. The molecule has 1 amide bonds. The Morgan fingerprint density at radius 3 is 2.45 bits per heavy atom. The zero-order chi connectivity index (χ0) is 20.8. The molecular formula is C23H29N5O. The van der Waals surface area contributed by atoms with Gasteiger partial charge in [0.05, 0.1) is 5.69 Å². The molecule has 0 saturated carbocycles. The Morgan fingerprint density at radius 1 is 1.03 bits per heavy atom. The molecule has 0 bridgehead atoms. The number of tetrazole rings is 1. The summed E-state index contributed by atoms with van der Waals surface area (Å²) in [7, 11) is 0. The van der Waals surface area contributed by atoms with Gasteiger partial charge in [-0.25, -0.2) is 4.68 Å². The minimum Gasteiger partial charge on any atom is -0.350 e. The zero-order valence-corrected chi connectivity index (χ0v) is 17.6. The van der Waals surface area contributed by atoms with E-state index < -0.39 is 0 Å². The van der Waals surface area contributed by atoms with Crippen molar-refractivity contribution in [2.45, 2.75) is 53.0 Å². The second-order valence-electron chi connectivity index (χ2n) is 8.09. The maximum Gasteiger partial charge on any atom is 0.251 e. The lowest BCUT2D eigenvalue weighted by Crippen LogP contribution is -2.32. The van der Waals surface area contributed by atoms with E-state index in [-0.39, 0.29) is 11.9 Å². The molecule has 1 N–H and O–H groups in total. The predicted molar refractivity (Wildman–Crippen MR) is 115 cm³/mol. The van der Waals surface area contributed by atoms with Crippen LogP contribution in [0, 0.1) is 12.8 Å². The highest BCUT2D eigenvalue weighted by Gasteiger charge is 2.14. The van der Waals surface area contributed by atoms with Crippen molar-refractivity contribution in [3.63, 3.8) is 0 Å². The number of rotatable bonds is 8. The van der Waals surface area contributed by atoms with Crippen LogP contribution in [-0.2, 0) is 0 Å². The second-order valence-corrected chi connectivity index (χ2v) is 8.09. The fraction of sp³-hybridized carbons (Fsp3) is 0.391. The van der Waals surface area contributed by atoms with Gasteiger partial charge in [-0.2, -0.15) is 0 Å². The number of carbonyl (C=O) groups excluding carboxylic acids is 1. The molecule has 6 heteroatoms. The van der Waals surface area contributed by atoms with E-state index in [4.69, 9.17) is 0 Å². The molecule has 2 aromatic carbocycles. The third-order valence-electron chi connectivity index (χ3n) is 4.97. The number of aryl methyl sites for hydroxylation is 1. The molecule has 0 aliphatic rings. The third kappa shape index (κ3) is 5.73. The van der Waals surface area contributed by atoms with Gasteiger partial charge in [0.25, 0.3) is 5.91 Å². The van der Waals surface area contributed by atoms with Crippen molar-refractivity contribution in [1.82, 2.24) is 25.5 Å². The van der Waals surface area contributed by atoms with Crippen LogP contribution >= 0.6 is 0 Å². The predicted octanol–water partition coefficient (Wildman–Crippen LogP) is 4.58. The third-order valence-corrected chi connectivity index (χ3v) is 4.97. The highest BCUT2D eigenvalue weighted by molar-refractivity contribution is 5.96. The molecule has 3 aromatic rings. The summed E-state index contributed by atoms with van der Waals surface area (Å²) in [5, 5.41) is 14.5. The smallest absolute Gasteiger partial charge is 0.251 e. The summed E-state index contributed by atoms with van der Waals surface area (Å²) in [4.78, 5) is 12.9. The Bertz CT molecular complexity index is 932. The Balaban J connectivity index is 1.85. The van der Waals surface area contributed by atoms with E-state index in [2.05, 4.69) is 72.8 Å². The first kappa shape index (κ1) is 20.7. The van der Waals surface area contributed by atoms with Crippen LogP contribution in [0.2, 0.25) is 0 Å². The van der Waals surface area contributed by atoms with Gasteiger partial charge in [-0.05, 0) is 65.9 Å². The minimum atomic E-state index is -0.0784. The van der Waals surface area contributed by atoms with Crippen LogP contribution in [0.25, 0.3) is 16.8 Å². The van der Waals surface area contributed by atoms with E-state index in [0.717, 1.165) is 29.7 Å². The highest BCUT2D eigenvalue weighted by atomic mass is 16.1. The normalized spacial score (nSPS) is 12.2. The summed E-state index contributed by atoms with van der Waals surface area (Å²) in [5.74, 6) is 0.605. The van der Waals surface area contributed by atoms with Gasteiger partial charge in [0.1, 0.15) is 6.33 Å². The van der Waals surface area contributed by atoms with Gasteiger partial charge < -0.3 is 5.32 Å². The van der Waals surface area contributed by atoms with Gasteiger partial charge in [0, 0.05) is 11.6 Å². The molecule has 0 aliphatic carbocycles. The molecule has 1 aromatic heterocycles. The number of hydrogen-bond acceptors (Lipinski definition) is 4. The average molecular weight is 392 g/mol. The standard InChI is InChI=1S/C23H29N5O/c1-16(2)6-5-7-18(4)25-23(29)21-12-20(19-10-8-17(3)9-11-19)13-22(14-21)28-15-24-26-27-28/h8-16,18H,5-7H2,1-4H3,(H,25,29)/t18-/m1/s1. The van der Waals surface area contributed by atoms with E-state index in [1.807, 2.05) is 18.2 Å². The Kier molecular flexibility index (Phi) is 6.75. The summed E-state index contributed by atoms with van der Waals surface area (Å²) in [6.45, 7) is 8.56. The molecular weight excluding hydrogens is 362 g/mol. The van der Waals surface area contributed by atoms with E-state index in [1.165, 1.54) is 18.3 Å². The highest BCUT2D eigenvalue weighted by Crippen LogP contribution is 2.24. The van der Waals surface area contributed by atoms with Crippen molar-refractivity contribution >= 4 is 5.91 Å². The second kappa shape index (κ2) is 9.45.